The third-order valence-corrected chi connectivity index (χ3v) is 2.16. The molecular formula is C8H15NO2. The number of hydrogen-bond acceptors (Lipinski definition) is 3. The predicted molar refractivity (Wildman–Crippen MR) is 42.2 cm³/mol. The molecule has 1 aliphatic heterocycles. The van der Waals surface area contributed by atoms with E-state index < -0.39 is 0 Å². The Hall–Kier alpha value is -0.570. The standard InChI is InChI=1S/C8H15NO2/c1-9-5-3-4-7(6-9)8(10)11-2/h7H,3-6H2,1-2H3/t7-/m0/s1. The summed E-state index contributed by atoms with van der Waals surface area (Å²) in [6.45, 7) is 1.96. The summed E-state index contributed by atoms with van der Waals surface area (Å²) in [4.78, 5) is 13.2. The van der Waals surface area contributed by atoms with Crippen molar-refractivity contribution < 1.29 is 9.53 Å². The summed E-state index contributed by atoms with van der Waals surface area (Å²) in [5, 5.41) is 0. The van der Waals surface area contributed by atoms with Crippen LogP contribution in [-0.2, 0) is 9.53 Å². The largest absolute Gasteiger partial charge is 0.469 e. The summed E-state index contributed by atoms with van der Waals surface area (Å²) in [6, 6.07) is 0. The van der Waals surface area contributed by atoms with Crippen molar-refractivity contribution in [1.29, 1.82) is 0 Å². The number of esters is 1. The molecule has 1 aliphatic rings. The first-order chi connectivity index (χ1) is 5.24. The Labute approximate surface area is 67.3 Å². The fourth-order valence-corrected chi connectivity index (χ4v) is 1.53. The number of piperidine rings is 1. The molecule has 0 unspecified atom stereocenters. The number of likely N-dealkylation sites (tertiary alicyclic amines) is 1. The minimum atomic E-state index is -0.0587. The Kier molecular flexibility index (Phi) is 2.88. The minimum absolute atomic E-state index is 0.0587. The van der Waals surface area contributed by atoms with Crippen LogP contribution in [0.15, 0.2) is 0 Å². The molecule has 3 heteroatoms. The Balaban J connectivity index is 2.39. The first-order valence-electron chi connectivity index (χ1n) is 4.00. The van der Waals surface area contributed by atoms with E-state index in [1.54, 1.807) is 0 Å². The van der Waals surface area contributed by atoms with E-state index in [4.69, 9.17) is 0 Å². The molecule has 0 saturated carbocycles. The molecule has 0 aliphatic carbocycles. The van der Waals surface area contributed by atoms with Gasteiger partial charge in [0.05, 0.1) is 13.0 Å². The number of ether oxygens (including phenoxy) is 1. The van der Waals surface area contributed by atoms with Crippen LogP contribution in [0.5, 0.6) is 0 Å². The molecule has 1 heterocycles. The summed E-state index contributed by atoms with van der Waals surface area (Å²) in [7, 11) is 3.49. The number of carbonyl (C=O) groups excluding carboxylic acids is 1. The molecule has 11 heavy (non-hydrogen) atoms. The van der Waals surface area contributed by atoms with Gasteiger partial charge in [0.15, 0.2) is 0 Å². The zero-order chi connectivity index (χ0) is 8.27. The molecule has 0 aromatic heterocycles. The predicted octanol–water partition coefficient (Wildman–Crippen LogP) is 0.501. The third kappa shape index (κ3) is 2.19. The SMILES string of the molecule is COC(=O)[C@H]1CCCN(C)C1. The zero-order valence-corrected chi connectivity index (χ0v) is 7.17. The Bertz CT molecular complexity index is 147. The molecule has 0 amide bonds. The van der Waals surface area contributed by atoms with Crippen molar-refractivity contribution in [2.45, 2.75) is 12.8 Å². The van der Waals surface area contributed by atoms with Gasteiger partial charge >= 0.3 is 5.97 Å². The van der Waals surface area contributed by atoms with Gasteiger partial charge in [-0.25, -0.2) is 0 Å². The minimum Gasteiger partial charge on any atom is -0.469 e. The van der Waals surface area contributed by atoms with Crippen LogP contribution in [0.4, 0.5) is 0 Å². The maximum absolute atomic E-state index is 11.1. The molecule has 1 rings (SSSR count). The maximum Gasteiger partial charge on any atom is 0.309 e. The van der Waals surface area contributed by atoms with Crippen LogP contribution in [0, 0.1) is 5.92 Å². The number of rotatable bonds is 1. The summed E-state index contributed by atoms with van der Waals surface area (Å²) in [5.74, 6) is 0.0512. The van der Waals surface area contributed by atoms with Gasteiger partial charge in [-0.05, 0) is 26.4 Å². The van der Waals surface area contributed by atoms with Crippen LogP contribution in [0.2, 0.25) is 0 Å². The molecule has 1 fully saturated rings. The van der Waals surface area contributed by atoms with E-state index in [0.29, 0.717) is 0 Å². The smallest absolute Gasteiger partial charge is 0.309 e. The van der Waals surface area contributed by atoms with Crippen molar-refractivity contribution in [3.63, 3.8) is 0 Å². The van der Waals surface area contributed by atoms with Gasteiger partial charge < -0.3 is 9.64 Å². The highest BCUT2D eigenvalue weighted by molar-refractivity contribution is 5.72. The Morgan fingerprint density at radius 2 is 2.36 bits per heavy atom. The molecule has 0 spiro atoms. The van der Waals surface area contributed by atoms with Crippen molar-refractivity contribution >= 4 is 5.97 Å². The highest BCUT2D eigenvalue weighted by atomic mass is 16.5. The van der Waals surface area contributed by atoms with Crippen molar-refractivity contribution in [1.82, 2.24) is 4.90 Å². The average Bonchev–Trinajstić information content (AvgIpc) is 2.03. The van der Waals surface area contributed by atoms with Gasteiger partial charge in [-0.2, -0.15) is 0 Å². The summed E-state index contributed by atoms with van der Waals surface area (Å²) < 4.78 is 4.67. The van der Waals surface area contributed by atoms with Gasteiger partial charge in [-0.1, -0.05) is 0 Å². The number of nitrogens with zero attached hydrogens (tertiary/aromatic N) is 1. The maximum atomic E-state index is 11.1. The molecule has 3 nitrogen and oxygen atoms in total. The van der Waals surface area contributed by atoms with Crippen molar-refractivity contribution in [2.75, 3.05) is 27.2 Å². The summed E-state index contributed by atoms with van der Waals surface area (Å²) in [6.07, 6.45) is 2.09. The molecule has 64 valence electrons. The van der Waals surface area contributed by atoms with Crippen LogP contribution in [0.1, 0.15) is 12.8 Å². The van der Waals surface area contributed by atoms with Crippen LogP contribution in [-0.4, -0.2) is 38.1 Å². The lowest BCUT2D eigenvalue weighted by atomic mass is 9.99. The topological polar surface area (TPSA) is 29.5 Å². The van der Waals surface area contributed by atoms with E-state index in [-0.39, 0.29) is 11.9 Å². The van der Waals surface area contributed by atoms with Gasteiger partial charge in [0.2, 0.25) is 0 Å². The average molecular weight is 157 g/mol. The quantitative estimate of drug-likeness (QED) is 0.519. The molecular weight excluding hydrogens is 142 g/mol. The van der Waals surface area contributed by atoms with E-state index in [2.05, 4.69) is 9.64 Å². The summed E-state index contributed by atoms with van der Waals surface area (Å²) in [5.41, 5.74) is 0. The monoisotopic (exact) mass is 157 g/mol. The molecule has 0 aromatic rings. The molecule has 1 atom stereocenters. The van der Waals surface area contributed by atoms with Gasteiger partial charge in [0.1, 0.15) is 0 Å². The molecule has 0 radical (unpaired) electrons. The van der Waals surface area contributed by atoms with Gasteiger partial charge in [0, 0.05) is 6.54 Å². The first-order valence-corrected chi connectivity index (χ1v) is 4.00. The molecule has 1 saturated heterocycles. The van der Waals surface area contributed by atoms with E-state index in [9.17, 15) is 4.79 Å². The van der Waals surface area contributed by atoms with E-state index in [1.807, 2.05) is 7.05 Å². The Morgan fingerprint density at radius 1 is 1.64 bits per heavy atom. The highest BCUT2D eigenvalue weighted by Gasteiger charge is 2.23. The van der Waals surface area contributed by atoms with Crippen molar-refractivity contribution in [3.05, 3.63) is 0 Å². The fourth-order valence-electron chi connectivity index (χ4n) is 1.53. The second-order valence-electron chi connectivity index (χ2n) is 3.12. The summed E-state index contributed by atoms with van der Waals surface area (Å²) >= 11 is 0. The van der Waals surface area contributed by atoms with Gasteiger partial charge in [-0.3, -0.25) is 4.79 Å². The lowest BCUT2D eigenvalue weighted by Crippen LogP contribution is -2.36. The number of hydrogen-bond donors (Lipinski definition) is 0. The molecule has 0 bridgehead atoms. The van der Waals surface area contributed by atoms with E-state index in [0.717, 1.165) is 25.9 Å². The van der Waals surface area contributed by atoms with Gasteiger partial charge in [-0.15, -0.1) is 0 Å². The molecule has 0 aromatic carbocycles. The normalized spacial score (nSPS) is 26.5. The second-order valence-corrected chi connectivity index (χ2v) is 3.12. The van der Waals surface area contributed by atoms with Crippen LogP contribution in [0.3, 0.4) is 0 Å². The van der Waals surface area contributed by atoms with Crippen LogP contribution >= 0.6 is 0 Å². The van der Waals surface area contributed by atoms with E-state index >= 15 is 0 Å². The fraction of sp³-hybridized carbons (Fsp3) is 0.875. The number of carbonyl (C=O) groups is 1. The third-order valence-electron chi connectivity index (χ3n) is 2.16. The lowest BCUT2D eigenvalue weighted by Gasteiger charge is -2.27. The Morgan fingerprint density at radius 3 is 2.91 bits per heavy atom. The lowest BCUT2D eigenvalue weighted by molar-refractivity contribution is -0.147. The van der Waals surface area contributed by atoms with E-state index in [1.165, 1.54) is 7.11 Å². The zero-order valence-electron chi connectivity index (χ0n) is 7.17. The van der Waals surface area contributed by atoms with Crippen molar-refractivity contribution in [2.24, 2.45) is 5.92 Å². The second kappa shape index (κ2) is 3.72. The van der Waals surface area contributed by atoms with Crippen molar-refractivity contribution in [3.8, 4) is 0 Å². The first kappa shape index (κ1) is 8.53. The molecule has 0 N–H and O–H groups in total. The van der Waals surface area contributed by atoms with Crippen LogP contribution in [0.25, 0.3) is 0 Å². The number of methoxy groups -OCH3 is 1. The van der Waals surface area contributed by atoms with Gasteiger partial charge in [0.25, 0.3) is 0 Å². The highest BCUT2D eigenvalue weighted by Crippen LogP contribution is 2.15. The van der Waals surface area contributed by atoms with Crippen LogP contribution < -0.4 is 0 Å².